The number of H-pyrrole nitrogens is 1. The number of carboxylic acids is 1. The molecule has 170 valence electrons. The predicted molar refractivity (Wildman–Crippen MR) is 122 cm³/mol. The molecule has 2 aromatic rings. The Balaban J connectivity index is 2.08. The summed E-state index contributed by atoms with van der Waals surface area (Å²) in [6, 6.07) is 7.56. The van der Waals surface area contributed by atoms with Crippen LogP contribution in [0.25, 0.3) is 10.9 Å². The largest absolute Gasteiger partial charge is 0.480 e. The number of unbranched alkanes of at least 4 members (excludes halogenated alkanes) is 4. The van der Waals surface area contributed by atoms with E-state index in [9.17, 15) is 19.5 Å². The monoisotopic (exact) mass is 429 g/mol. The Morgan fingerprint density at radius 3 is 2.29 bits per heavy atom. The number of aldehydes is 1. The van der Waals surface area contributed by atoms with E-state index in [1.807, 2.05) is 29.2 Å². The first-order chi connectivity index (χ1) is 15.0. The van der Waals surface area contributed by atoms with Crippen molar-refractivity contribution in [1.82, 2.24) is 15.2 Å². The van der Waals surface area contributed by atoms with E-state index >= 15 is 0 Å². The molecule has 2 unspecified atom stereocenters. The molecule has 0 aliphatic carbocycles. The van der Waals surface area contributed by atoms with Crippen LogP contribution in [-0.2, 0) is 9.59 Å². The van der Waals surface area contributed by atoms with Crippen LogP contribution in [0.5, 0.6) is 0 Å². The second-order valence-corrected chi connectivity index (χ2v) is 8.03. The first kappa shape index (κ1) is 24.6. The third-order valence-electron chi connectivity index (χ3n) is 5.56. The molecular formula is C24H35N3O4. The molecule has 0 spiro atoms. The fraction of sp³-hybridized carbons (Fsp3) is 0.542. The zero-order chi connectivity index (χ0) is 22.6. The van der Waals surface area contributed by atoms with Crippen molar-refractivity contribution in [3.63, 3.8) is 0 Å². The number of benzene rings is 1. The summed E-state index contributed by atoms with van der Waals surface area (Å²) in [5, 5.41) is 13.5. The van der Waals surface area contributed by atoms with Crippen LogP contribution in [0.4, 0.5) is 0 Å². The molecule has 2 rings (SSSR count). The maximum atomic E-state index is 12.7. The molecule has 3 N–H and O–H groups in total. The molecule has 7 nitrogen and oxygen atoms in total. The van der Waals surface area contributed by atoms with Crippen molar-refractivity contribution in [2.75, 3.05) is 13.1 Å². The smallest absolute Gasteiger partial charge is 0.321 e. The third-order valence-corrected chi connectivity index (χ3v) is 5.56. The second kappa shape index (κ2) is 12.9. The lowest BCUT2D eigenvalue weighted by Crippen LogP contribution is -2.48. The molecule has 0 saturated carbocycles. The number of para-hydroxylation sites is 1. The summed E-state index contributed by atoms with van der Waals surface area (Å²) in [7, 11) is 0. The van der Waals surface area contributed by atoms with E-state index in [4.69, 9.17) is 0 Å². The van der Waals surface area contributed by atoms with Crippen LogP contribution in [-0.4, -0.2) is 58.3 Å². The van der Waals surface area contributed by atoms with Gasteiger partial charge in [0.05, 0.1) is 6.04 Å². The van der Waals surface area contributed by atoms with Gasteiger partial charge in [-0.25, -0.2) is 0 Å². The van der Waals surface area contributed by atoms with Gasteiger partial charge in [0.15, 0.2) is 0 Å². The zero-order valence-electron chi connectivity index (χ0n) is 18.6. The highest BCUT2D eigenvalue weighted by Crippen LogP contribution is 2.16. The molecule has 31 heavy (non-hydrogen) atoms. The number of carbonyl (C=O) groups is 3. The summed E-state index contributed by atoms with van der Waals surface area (Å²) in [5.74, 6) is -1.37. The minimum absolute atomic E-state index is 0.0447. The maximum Gasteiger partial charge on any atom is 0.321 e. The first-order valence-corrected chi connectivity index (χ1v) is 11.3. The lowest BCUT2D eigenvalue weighted by Gasteiger charge is -2.30. The van der Waals surface area contributed by atoms with Gasteiger partial charge in [-0.3, -0.25) is 14.5 Å². The van der Waals surface area contributed by atoms with E-state index in [-0.39, 0.29) is 6.42 Å². The Morgan fingerprint density at radius 1 is 1.10 bits per heavy atom. The highest BCUT2D eigenvalue weighted by Gasteiger charge is 2.29. The Labute approximate surface area is 184 Å². The summed E-state index contributed by atoms with van der Waals surface area (Å²) in [6.07, 6.45) is 6.68. The highest BCUT2D eigenvalue weighted by atomic mass is 16.4. The van der Waals surface area contributed by atoms with Crippen LogP contribution in [0.3, 0.4) is 0 Å². The van der Waals surface area contributed by atoms with Crippen LogP contribution in [0.1, 0.15) is 69.3 Å². The number of amides is 1. The van der Waals surface area contributed by atoms with Crippen LogP contribution in [0.15, 0.2) is 30.3 Å². The molecule has 0 aliphatic rings. The minimum atomic E-state index is -0.959. The number of rotatable bonds is 15. The van der Waals surface area contributed by atoms with Gasteiger partial charge in [-0.2, -0.15) is 0 Å². The predicted octanol–water partition coefficient (Wildman–Crippen LogP) is 3.99. The third kappa shape index (κ3) is 7.51. The standard InChI is InChI=1S/C24H35N3O4/c1-3-5-9-13-27(14-10-6-4-2)22(24(30)31)16-19(17-28)25-23(29)21-15-18-11-7-8-12-20(18)26-21/h7-8,11-12,15,17,19,22,26H,3-6,9-10,13-14,16H2,1-2H3,(H,25,29)(H,30,31). The van der Waals surface area contributed by atoms with Crippen LogP contribution < -0.4 is 5.32 Å². The highest BCUT2D eigenvalue weighted by molar-refractivity contribution is 5.99. The molecule has 0 aliphatic heterocycles. The van der Waals surface area contributed by atoms with Gasteiger partial charge in [-0.15, -0.1) is 0 Å². The number of nitrogens with zero attached hydrogens (tertiary/aromatic N) is 1. The number of carboxylic acid groups (broad SMARTS) is 1. The molecular weight excluding hydrogens is 394 g/mol. The van der Waals surface area contributed by atoms with Crippen molar-refractivity contribution in [2.45, 2.75) is 70.9 Å². The lowest BCUT2D eigenvalue weighted by molar-refractivity contribution is -0.144. The summed E-state index contributed by atoms with van der Waals surface area (Å²) in [5.41, 5.74) is 1.18. The molecule has 0 saturated heterocycles. The topological polar surface area (TPSA) is 103 Å². The Bertz CT molecular complexity index is 805. The zero-order valence-corrected chi connectivity index (χ0v) is 18.6. The van der Waals surface area contributed by atoms with Gasteiger partial charge in [0, 0.05) is 17.3 Å². The van der Waals surface area contributed by atoms with E-state index in [0.29, 0.717) is 25.1 Å². The lowest BCUT2D eigenvalue weighted by atomic mass is 10.0. The molecule has 7 heteroatoms. The van der Waals surface area contributed by atoms with Crippen molar-refractivity contribution in [3.8, 4) is 0 Å². The number of carbonyl (C=O) groups excluding carboxylic acids is 2. The van der Waals surface area contributed by atoms with Gasteiger partial charge in [-0.1, -0.05) is 57.7 Å². The maximum absolute atomic E-state index is 12.7. The van der Waals surface area contributed by atoms with Crippen molar-refractivity contribution >= 4 is 29.1 Å². The van der Waals surface area contributed by atoms with Gasteiger partial charge in [-0.05, 0) is 38.1 Å². The Kier molecular flexibility index (Phi) is 10.2. The fourth-order valence-electron chi connectivity index (χ4n) is 3.79. The van der Waals surface area contributed by atoms with Crippen molar-refractivity contribution < 1.29 is 19.5 Å². The van der Waals surface area contributed by atoms with Gasteiger partial charge < -0.3 is 20.2 Å². The molecule has 0 bridgehead atoms. The summed E-state index contributed by atoms with van der Waals surface area (Å²) in [6.45, 7) is 5.57. The summed E-state index contributed by atoms with van der Waals surface area (Å²) < 4.78 is 0. The number of fused-ring (bicyclic) bond motifs is 1. The van der Waals surface area contributed by atoms with E-state index in [2.05, 4.69) is 24.1 Å². The molecule has 1 amide bonds. The van der Waals surface area contributed by atoms with Crippen molar-refractivity contribution in [1.29, 1.82) is 0 Å². The number of aliphatic carboxylic acids is 1. The molecule has 1 heterocycles. The number of hydrogen-bond acceptors (Lipinski definition) is 4. The quantitative estimate of drug-likeness (QED) is 0.293. The van der Waals surface area contributed by atoms with E-state index in [1.54, 1.807) is 6.07 Å². The summed E-state index contributed by atoms with van der Waals surface area (Å²) >= 11 is 0. The normalized spacial score (nSPS) is 13.3. The molecule has 1 aromatic carbocycles. The minimum Gasteiger partial charge on any atom is -0.480 e. The van der Waals surface area contributed by atoms with Gasteiger partial charge in [0.25, 0.3) is 5.91 Å². The molecule has 2 atom stereocenters. The van der Waals surface area contributed by atoms with Crippen LogP contribution in [0, 0.1) is 0 Å². The average Bonchev–Trinajstić information content (AvgIpc) is 3.20. The average molecular weight is 430 g/mol. The van der Waals surface area contributed by atoms with Gasteiger partial charge in [0.2, 0.25) is 0 Å². The fourth-order valence-corrected chi connectivity index (χ4v) is 3.79. The number of nitrogens with one attached hydrogen (secondary N) is 2. The Morgan fingerprint density at radius 2 is 1.74 bits per heavy atom. The number of aromatic nitrogens is 1. The molecule has 1 aromatic heterocycles. The Hall–Kier alpha value is -2.67. The van der Waals surface area contributed by atoms with Crippen LogP contribution >= 0.6 is 0 Å². The van der Waals surface area contributed by atoms with E-state index in [0.717, 1.165) is 49.4 Å². The number of hydrogen-bond donors (Lipinski definition) is 3. The molecule has 0 radical (unpaired) electrons. The SMILES string of the molecule is CCCCCN(CCCCC)C(CC(C=O)NC(=O)c1cc2ccccc2[nH]1)C(=O)O. The summed E-state index contributed by atoms with van der Waals surface area (Å²) in [4.78, 5) is 41.4. The van der Waals surface area contributed by atoms with E-state index in [1.165, 1.54) is 0 Å². The van der Waals surface area contributed by atoms with E-state index < -0.39 is 24.0 Å². The van der Waals surface area contributed by atoms with Gasteiger partial charge >= 0.3 is 5.97 Å². The second-order valence-electron chi connectivity index (χ2n) is 8.03. The number of aromatic amines is 1. The van der Waals surface area contributed by atoms with Crippen LogP contribution in [0.2, 0.25) is 0 Å². The van der Waals surface area contributed by atoms with Crippen molar-refractivity contribution in [2.24, 2.45) is 0 Å². The van der Waals surface area contributed by atoms with Gasteiger partial charge in [0.1, 0.15) is 18.0 Å². The molecule has 0 fully saturated rings. The van der Waals surface area contributed by atoms with Crippen molar-refractivity contribution in [3.05, 3.63) is 36.0 Å². The first-order valence-electron chi connectivity index (χ1n) is 11.3.